The molecular formula is C57H110O6. The lowest BCUT2D eigenvalue weighted by molar-refractivity contribution is -0.167. The maximum Gasteiger partial charge on any atom is 0.306 e. The van der Waals surface area contributed by atoms with Gasteiger partial charge in [-0.3, -0.25) is 14.4 Å². The van der Waals surface area contributed by atoms with Crippen molar-refractivity contribution in [2.75, 3.05) is 13.2 Å². The van der Waals surface area contributed by atoms with Crippen LogP contribution < -0.4 is 0 Å². The van der Waals surface area contributed by atoms with E-state index in [1.54, 1.807) is 0 Å². The van der Waals surface area contributed by atoms with Gasteiger partial charge in [-0.15, -0.1) is 0 Å². The summed E-state index contributed by atoms with van der Waals surface area (Å²) in [6.07, 6.45) is 41.3. The van der Waals surface area contributed by atoms with Gasteiger partial charge in [-0.2, -0.15) is 0 Å². The van der Waals surface area contributed by atoms with Gasteiger partial charge in [0.05, 0.1) is 0 Å². The summed E-state index contributed by atoms with van der Waals surface area (Å²) in [5.41, 5.74) is 0. The normalized spacial score (nSPS) is 14.1. The molecule has 6 heteroatoms. The van der Waals surface area contributed by atoms with E-state index in [9.17, 15) is 14.4 Å². The second-order valence-corrected chi connectivity index (χ2v) is 21.4. The highest BCUT2D eigenvalue weighted by Gasteiger charge is 2.20. The van der Waals surface area contributed by atoms with Crippen LogP contribution in [0.15, 0.2) is 0 Å². The van der Waals surface area contributed by atoms with E-state index in [0.29, 0.717) is 19.3 Å². The minimum atomic E-state index is -0.764. The Hall–Kier alpha value is -1.59. The standard InChI is InChI=1S/C57H110O6/c1-10-12-14-18-23-43-55(58)61-46-54(63-57(60)45-25-19-15-13-11-2)47-62-56(59)44-24-21-17-16-20-22-40-53(42-31-39-52(9)36-29-33-49(5)6)41-27-26-34-50(7)37-30-38-51(8)35-28-32-48(3)4/h48-54H,10-47H2,1-9H3. The van der Waals surface area contributed by atoms with E-state index < -0.39 is 6.10 Å². The average Bonchev–Trinajstić information content (AvgIpc) is 3.23. The maximum atomic E-state index is 12.7. The molecule has 0 aromatic carbocycles. The number of esters is 3. The van der Waals surface area contributed by atoms with Crippen LogP contribution in [0.4, 0.5) is 0 Å². The summed E-state index contributed by atoms with van der Waals surface area (Å²) >= 11 is 0. The highest BCUT2D eigenvalue weighted by atomic mass is 16.6. The Morgan fingerprint density at radius 1 is 0.333 bits per heavy atom. The van der Waals surface area contributed by atoms with E-state index in [4.69, 9.17) is 14.2 Å². The third kappa shape index (κ3) is 44.0. The molecule has 0 N–H and O–H groups in total. The number of ether oxygens (including phenoxy) is 3. The second-order valence-electron chi connectivity index (χ2n) is 21.4. The Bertz CT molecular complexity index is 1020. The topological polar surface area (TPSA) is 78.9 Å². The second kappa shape index (κ2) is 44.3. The summed E-state index contributed by atoms with van der Waals surface area (Å²) < 4.78 is 16.7. The Balaban J connectivity index is 4.64. The molecule has 0 aromatic rings. The molecule has 5 unspecified atom stereocenters. The number of carbonyl (C=O) groups is 3. The summed E-state index contributed by atoms with van der Waals surface area (Å²) in [5.74, 6) is 4.26. The lowest BCUT2D eigenvalue weighted by atomic mass is 9.87. The average molecular weight is 892 g/mol. The lowest BCUT2D eigenvalue weighted by Gasteiger charge is -2.19. The van der Waals surface area contributed by atoms with Gasteiger partial charge < -0.3 is 14.2 Å². The van der Waals surface area contributed by atoms with Crippen LogP contribution in [0.25, 0.3) is 0 Å². The maximum absolute atomic E-state index is 12.7. The van der Waals surface area contributed by atoms with Gasteiger partial charge in [0.25, 0.3) is 0 Å². The largest absolute Gasteiger partial charge is 0.462 e. The lowest BCUT2D eigenvalue weighted by Crippen LogP contribution is -2.30. The molecule has 5 atom stereocenters. The van der Waals surface area contributed by atoms with Gasteiger partial charge in [0, 0.05) is 19.3 Å². The Morgan fingerprint density at radius 2 is 0.635 bits per heavy atom. The molecule has 0 bridgehead atoms. The van der Waals surface area contributed by atoms with E-state index in [1.165, 1.54) is 141 Å². The third-order valence-electron chi connectivity index (χ3n) is 13.6. The molecule has 0 saturated carbocycles. The first-order valence-corrected chi connectivity index (χ1v) is 27.9. The van der Waals surface area contributed by atoms with Crippen LogP contribution in [0.2, 0.25) is 0 Å². The van der Waals surface area contributed by atoms with Gasteiger partial charge >= 0.3 is 17.9 Å². The first kappa shape index (κ1) is 61.4. The van der Waals surface area contributed by atoms with Crippen molar-refractivity contribution in [3.05, 3.63) is 0 Å². The van der Waals surface area contributed by atoms with Gasteiger partial charge in [-0.1, -0.05) is 255 Å². The summed E-state index contributed by atoms with van der Waals surface area (Å²) in [4.78, 5) is 37.6. The number of carbonyl (C=O) groups excluding carboxylic acids is 3. The molecule has 6 nitrogen and oxygen atoms in total. The molecule has 0 aliphatic heterocycles. The van der Waals surface area contributed by atoms with Crippen LogP contribution >= 0.6 is 0 Å². The van der Waals surface area contributed by atoms with Crippen LogP contribution in [0.5, 0.6) is 0 Å². The Morgan fingerprint density at radius 3 is 1.06 bits per heavy atom. The monoisotopic (exact) mass is 891 g/mol. The van der Waals surface area contributed by atoms with Crippen LogP contribution in [0, 0.1) is 35.5 Å². The quantitative estimate of drug-likeness (QED) is 0.0344. The van der Waals surface area contributed by atoms with Crippen molar-refractivity contribution < 1.29 is 28.6 Å². The fourth-order valence-corrected chi connectivity index (χ4v) is 9.14. The summed E-state index contributed by atoms with van der Waals surface area (Å²) in [7, 11) is 0. The zero-order valence-electron chi connectivity index (χ0n) is 43.9. The van der Waals surface area contributed by atoms with Crippen molar-refractivity contribution in [2.45, 2.75) is 300 Å². The van der Waals surface area contributed by atoms with Gasteiger partial charge in [0.2, 0.25) is 0 Å². The molecule has 0 saturated heterocycles. The zero-order valence-corrected chi connectivity index (χ0v) is 43.9. The Labute approximate surface area is 393 Å². The van der Waals surface area contributed by atoms with Crippen molar-refractivity contribution in [3.63, 3.8) is 0 Å². The zero-order chi connectivity index (χ0) is 46.8. The predicted molar refractivity (Wildman–Crippen MR) is 270 cm³/mol. The molecule has 63 heavy (non-hydrogen) atoms. The van der Waals surface area contributed by atoms with Crippen molar-refractivity contribution in [1.29, 1.82) is 0 Å². The predicted octanol–water partition coefficient (Wildman–Crippen LogP) is 17.9. The van der Waals surface area contributed by atoms with Crippen molar-refractivity contribution in [2.24, 2.45) is 35.5 Å². The van der Waals surface area contributed by atoms with E-state index in [2.05, 4.69) is 62.3 Å². The van der Waals surface area contributed by atoms with Crippen molar-refractivity contribution in [1.82, 2.24) is 0 Å². The van der Waals surface area contributed by atoms with Crippen molar-refractivity contribution in [3.8, 4) is 0 Å². The minimum Gasteiger partial charge on any atom is -0.462 e. The molecule has 0 heterocycles. The molecule has 0 aliphatic carbocycles. The molecule has 0 rings (SSSR count). The number of unbranched alkanes of at least 4 members (excludes halogenated alkanes) is 14. The first-order valence-electron chi connectivity index (χ1n) is 27.9. The van der Waals surface area contributed by atoms with Crippen LogP contribution in [0.1, 0.15) is 293 Å². The van der Waals surface area contributed by atoms with E-state index in [-0.39, 0.29) is 31.1 Å². The minimum absolute atomic E-state index is 0.0699. The number of rotatable bonds is 47. The first-order chi connectivity index (χ1) is 30.4. The molecule has 0 radical (unpaired) electrons. The molecule has 0 aliphatic rings. The third-order valence-corrected chi connectivity index (χ3v) is 13.6. The molecule has 374 valence electrons. The Kier molecular flexibility index (Phi) is 43.1. The molecule has 0 amide bonds. The highest BCUT2D eigenvalue weighted by Crippen LogP contribution is 2.28. The summed E-state index contributed by atoms with van der Waals surface area (Å²) in [6, 6.07) is 0. The van der Waals surface area contributed by atoms with E-state index in [0.717, 1.165) is 106 Å². The smallest absolute Gasteiger partial charge is 0.306 e. The molecule has 0 spiro atoms. The summed E-state index contributed by atoms with van der Waals surface area (Å²) in [5, 5.41) is 0. The van der Waals surface area contributed by atoms with Gasteiger partial charge in [-0.05, 0) is 54.8 Å². The molecular weight excluding hydrogens is 781 g/mol. The number of hydrogen-bond acceptors (Lipinski definition) is 6. The fraction of sp³-hybridized carbons (Fsp3) is 0.947. The van der Waals surface area contributed by atoms with Gasteiger partial charge in [0.1, 0.15) is 13.2 Å². The van der Waals surface area contributed by atoms with Crippen LogP contribution in [0.3, 0.4) is 0 Å². The van der Waals surface area contributed by atoms with E-state index in [1.807, 2.05) is 0 Å². The number of hydrogen-bond donors (Lipinski definition) is 0. The van der Waals surface area contributed by atoms with Crippen LogP contribution in [-0.2, 0) is 28.6 Å². The SMILES string of the molecule is CCCCCCCC(=O)OCC(COC(=O)CCCCCCCCC(CCCCC(C)CCCC(C)CCCC(C)C)CCCC(C)CCCC(C)C)OC(=O)CCCCCCC. The highest BCUT2D eigenvalue weighted by molar-refractivity contribution is 5.71. The fourth-order valence-electron chi connectivity index (χ4n) is 9.14. The summed E-state index contributed by atoms with van der Waals surface area (Å²) in [6.45, 7) is 21.0. The molecule has 0 fully saturated rings. The van der Waals surface area contributed by atoms with Gasteiger partial charge in [-0.25, -0.2) is 0 Å². The molecule has 0 aromatic heterocycles. The van der Waals surface area contributed by atoms with Crippen LogP contribution in [-0.4, -0.2) is 37.2 Å². The van der Waals surface area contributed by atoms with Crippen molar-refractivity contribution >= 4 is 17.9 Å². The van der Waals surface area contributed by atoms with Gasteiger partial charge in [0.15, 0.2) is 6.10 Å². The van der Waals surface area contributed by atoms with E-state index >= 15 is 0 Å².